The van der Waals surface area contributed by atoms with Crippen LogP contribution in [0.25, 0.3) is 0 Å². The van der Waals surface area contributed by atoms with Gasteiger partial charge >= 0.3 is 0 Å². The molecule has 0 saturated carbocycles. The van der Waals surface area contributed by atoms with Crippen LogP contribution in [0.15, 0.2) is 0 Å². The van der Waals surface area contributed by atoms with E-state index in [-0.39, 0.29) is 11.4 Å². The number of carbonyl (C=O) groups is 1. The molecule has 0 aromatic rings. The highest BCUT2D eigenvalue weighted by Crippen LogP contribution is 2.39. The third-order valence-corrected chi connectivity index (χ3v) is 3.48. The molecule has 0 aromatic carbocycles. The first-order valence-electron chi connectivity index (χ1n) is 5.07. The van der Waals surface area contributed by atoms with Crippen LogP contribution < -0.4 is 0 Å². The van der Waals surface area contributed by atoms with E-state index in [1.54, 1.807) is 6.92 Å². The molecule has 0 aliphatic carbocycles. The Hall–Kier alpha value is -0.570. The maximum Gasteiger partial charge on any atom is 0.219 e. The third-order valence-electron chi connectivity index (χ3n) is 3.48. The molecule has 2 saturated heterocycles. The monoisotopic (exact) mass is 182 g/mol. The Balaban J connectivity index is 1.93. The van der Waals surface area contributed by atoms with Gasteiger partial charge in [0.25, 0.3) is 0 Å². The lowest BCUT2D eigenvalue weighted by Gasteiger charge is -2.63. The van der Waals surface area contributed by atoms with Gasteiger partial charge < -0.3 is 4.90 Å². The summed E-state index contributed by atoms with van der Waals surface area (Å²) in [5, 5.41) is 0. The van der Waals surface area contributed by atoms with Gasteiger partial charge in [0.05, 0.1) is 5.54 Å². The van der Waals surface area contributed by atoms with Gasteiger partial charge in [-0.2, -0.15) is 0 Å². The summed E-state index contributed by atoms with van der Waals surface area (Å²) in [4.78, 5) is 15.7. The Labute approximate surface area is 79.7 Å². The van der Waals surface area contributed by atoms with Crippen LogP contribution in [0.5, 0.6) is 0 Å². The van der Waals surface area contributed by atoms with Gasteiger partial charge in [-0.3, -0.25) is 9.69 Å². The van der Waals surface area contributed by atoms with E-state index < -0.39 is 0 Å². The number of nitrogens with zero attached hydrogens (tertiary/aromatic N) is 2. The molecule has 2 rings (SSSR count). The number of hydrogen-bond donors (Lipinski definition) is 0. The zero-order valence-corrected chi connectivity index (χ0v) is 8.71. The summed E-state index contributed by atoms with van der Waals surface area (Å²) < 4.78 is 0. The van der Waals surface area contributed by atoms with Crippen molar-refractivity contribution >= 4 is 5.91 Å². The molecule has 0 unspecified atom stereocenters. The van der Waals surface area contributed by atoms with Crippen molar-refractivity contribution in [2.45, 2.75) is 38.8 Å². The fraction of sp³-hybridized carbons (Fsp3) is 0.900. The van der Waals surface area contributed by atoms with Crippen LogP contribution in [0, 0.1) is 0 Å². The van der Waals surface area contributed by atoms with Crippen molar-refractivity contribution in [1.29, 1.82) is 0 Å². The maximum absolute atomic E-state index is 11.2. The first-order chi connectivity index (χ1) is 6.05. The second-order valence-electron chi connectivity index (χ2n) is 4.64. The molecular formula is C10H18N2O. The average molecular weight is 182 g/mol. The van der Waals surface area contributed by atoms with E-state index in [4.69, 9.17) is 0 Å². The molecule has 74 valence electrons. The van der Waals surface area contributed by atoms with Crippen molar-refractivity contribution in [3.8, 4) is 0 Å². The lowest BCUT2D eigenvalue weighted by atomic mass is 9.77. The quantitative estimate of drug-likeness (QED) is 0.596. The van der Waals surface area contributed by atoms with Crippen molar-refractivity contribution in [3.63, 3.8) is 0 Å². The van der Waals surface area contributed by atoms with Crippen molar-refractivity contribution in [2.75, 3.05) is 19.6 Å². The Bertz CT molecular complexity index is 231. The maximum atomic E-state index is 11.2. The van der Waals surface area contributed by atoms with Gasteiger partial charge in [-0.25, -0.2) is 0 Å². The highest BCUT2D eigenvalue weighted by molar-refractivity contribution is 5.75. The normalized spacial score (nSPS) is 26.0. The predicted molar refractivity (Wildman–Crippen MR) is 51.4 cm³/mol. The van der Waals surface area contributed by atoms with E-state index in [1.807, 2.05) is 4.90 Å². The van der Waals surface area contributed by atoms with Gasteiger partial charge in [-0.1, -0.05) is 0 Å². The molecule has 2 fully saturated rings. The highest BCUT2D eigenvalue weighted by Gasteiger charge is 2.54. The van der Waals surface area contributed by atoms with Crippen LogP contribution in [0.1, 0.15) is 27.2 Å². The fourth-order valence-corrected chi connectivity index (χ4v) is 2.44. The zero-order chi connectivity index (χ0) is 9.64. The molecule has 13 heavy (non-hydrogen) atoms. The van der Waals surface area contributed by atoms with E-state index in [9.17, 15) is 4.79 Å². The van der Waals surface area contributed by atoms with Gasteiger partial charge in [-0.15, -0.1) is 0 Å². The molecule has 0 N–H and O–H groups in total. The molecule has 2 heterocycles. The number of hydrogen-bond acceptors (Lipinski definition) is 2. The largest absolute Gasteiger partial charge is 0.335 e. The molecular weight excluding hydrogens is 164 g/mol. The standard InChI is InChI=1S/C10H18N2O/c1-8(2)11-6-10(7-11)4-5-12(10)9(3)13/h8H,4-7H2,1-3H3. The van der Waals surface area contributed by atoms with Crippen LogP contribution >= 0.6 is 0 Å². The first-order valence-corrected chi connectivity index (χ1v) is 5.07. The lowest BCUT2D eigenvalue weighted by molar-refractivity contribution is -0.167. The summed E-state index contributed by atoms with van der Waals surface area (Å²) in [6, 6.07) is 0.625. The van der Waals surface area contributed by atoms with Crippen LogP contribution in [-0.2, 0) is 4.79 Å². The van der Waals surface area contributed by atoms with E-state index in [0.29, 0.717) is 6.04 Å². The molecule has 1 amide bonds. The zero-order valence-electron chi connectivity index (χ0n) is 8.71. The summed E-state index contributed by atoms with van der Waals surface area (Å²) in [6.07, 6.45) is 1.20. The second kappa shape index (κ2) is 2.71. The molecule has 3 heteroatoms. The van der Waals surface area contributed by atoms with Gasteiger partial charge in [0.1, 0.15) is 0 Å². The Kier molecular flexibility index (Phi) is 1.88. The molecule has 2 aliphatic rings. The van der Waals surface area contributed by atoms with Gasteiger partial charge in [-0.05, 0) is 20.3 Å². The molecule has 0 radical (unpaired) electrons. The summed E-state index contributed by atoms with van der Waals surface area (Å²) in [7, 11) is 0. The predicted octanol–water partition coefficient (Wildman–Crippen LogP) is 0.701. The molecule has 0 aromatic heterocycles. The topological polar surface area (TPSA) is 23.6 Å². The minimum absolute atomic E-state index is 0.245. The van der Waals surface area contributed by atoms with Gasteiger partial charge in [0, 0.05) is 32.6 Å². The first kappa shape index (κ1) is 9.00. The lowest BCUT2D eigenvalue weighted by Crippen LogP contribution is -2.78. The summed E-state index contributed by atoms with van der Waals surface area (Å²) in [6.45, 7) is 9.25. The average Bonchev–Trinajstić information content (AvgIpc) is 1.78. The molecule has 0 bridgehead atoms. The van der Waals surface area contributed by atoms with Crippen LogP contribution in [0.2, 0.25) is 0 Å². The van der Waals surface area contributed by atoms with Gasteiger partial charge in [0.2, 0.25) is 5.91 Å². The van der Waals surface area contributed by atoms with Crippen molar-refractivity contribution in [2.24, 2.45) is 0 Å². The van der Waals surface area contributed by atoms with E-state index in [1.165, 1.54) is 6.42 Å². The van der Waals surface area contributed by atoms with Crippen molar-refractivity contribution < 1.29 is 4.79 Å². The number of carbonyl (C=O) groups excluding carboxylic acids is 1. The minimum atomic E-state index is 0.245. The Morgan fingerprint density at radius 1 is 1.38 bits per heavy atom. The van der Waals surface area contributed by atoms with Crippen LogP contribution in [-0.4, -0.2) is 46.9 Å². The second-order valence-corrected chi connectivity index (χ2v) is 4.64. The fourth-order valence-electron chi connectivity index (χ4n) is 2.44. The molecule has 0 atom stereocenters. The van der Waals surface area contributed by atoms with Crippen molar-refractivity contribution in [3.05, 3.63) is 0 Å². The smallest absolute Gasteiger partial charge is 0.219 e. The molecule has 3 nitrogen and oxygen atoms in total. The van der Waals surface area contributed by atoms with Crippen LogP contribution in [0.4, 0.5) is 0 Å². The molecule has 1 spiro atoms. The third kappa shape index (κ3) is 1.17. The summed E-state index contributed by atoms with van der Waals surface area (Å²) >= 11 is 0. The number of rotatable bonds is 1. The van der Waals surface area contributed by atoms with E-state index >= 15 is 0 Å². The summed E-state index contributed by atoms with van der Waals surface area (Å²) in [5.74, 6) is 0.245. The summed E-state index contributed by atoms with van der Waals surface area (Å²) in [5.41, 5.74) is 0.246. The minimum Gasteiger partial charge on any atom is -0.335 e. The molecule has 2 aliphatic heterocycles. The Morgan fingerprint density at radius 3 is 2.31 bits per heavy atom. The van der Waals surface area contributed by atoms with E-state index in [2.05, 4.69) is 18.7 Å². The van der Waals surface area contributed by atoms with Crippen molar-refractivity contribution in [1.82, 2.24) is 9.80 Å². The van der Waals surface area contributed by atoms with Gasteiger partial charge in [0.15, 0.2) is 0 Å². The van der Waals surface area contributed by atoms with E-state index in [0.717, 1.165) is 19.6 Å². The highest BCUT2D eigenvalue weighted by atomic mass is 16.2. The SMILES string of the molecule is CC(=O)N1CCC12CN(C(C)C)C2. The van der Waals surface area contributed by atoms with Crippen LogP contribution in [0.3, 0.4) is 0 Å². The number of likely N-dealkylation sites (tertiary alicyclic amines) is 2. The number of amides is 1. The Morgan fingerprint density at radius 2 is 2.00 bits per heavy atom.